The third-order valence-electron chi connectivity index (χ3n) is 8.26. The highest BCUT2D eigenvalue weighted by Gasteiger charge is 2.57. The fourth-order valence-corrected chi connectivity index (χ4v) is 6.32. The van der Waals surface area contributed by atoms with Crippen LogP contribution in [0.2, 0.25) is 0 Å². The number of hydrogen-bond acceptors (Lipinski definition) is 9. The molecule has 1 unspecified atom stereocenters. The van der Waals surface area contributed by atoms with E-state index in [1.165, 1.54) is 6.20 Å². The van der Waals surface area contributed by atoms with Crippen LogP contribution in [0.15, 0.2) is 48.8 Å². The van der Waals surface area contributed by atoms with E-state index in [9.17, 15) is 4.79 Å². The second-order valence-electron chi connectivity index (χ2n) is 11.5. The maximum atomic E-state index is 13.1. The summed E-state index contributed by atoms with van der Waals surface area (Å²) >= 11 is 0. The van der Waals surface area contributed by atoms with Gasteiger partial charge in [-0.15, -0.1) is 0 Å². The van der Waals surface area contributed by atoms with Crippen molar-refractivity contribution in [3.8, 4) is 17.0 Å². The van der Waals surface area contributed by atoms with Crippen LogP contribution in [0.1, 0.15) is 24.2 Å². The summed E-state index contributed by atoms with van der Waals surface area (Å²) in [4.78, 5) is 27.1. The van der Waals surface area contributed by atoms with Crippen LogP contribution in [0.5, 0.6) is 5.75 Å². The van der Waals surface area contributed by atoms with Crippen molar-refractivity contribution < 1.29 is 14.3 Å². The van der Waals surface area contributed by atoms with E-state index in [1.54, 1.807) is 7.11 Å². The number of benzene rings is 2. The van der Waals surface area contributed by atoms with Gasteiger partial charge in [0, 0.05) is 68.2 Å². The van der Waals surface area contributed by atoms with Gasteiger partial charge in [-0.1, -0.05) is 18.2 Å². The molecule has 0 radical (unpaired) electrons. The first-order valence-corrected chi connectivity index (χ1v) is 13.9. The van der Waals surface area contributed by atoms with Crippen molar-refractivity contribution in [2.24, 2.45) is 18.9 Å². The van der Waals surface area contributed by atoms with Gasteiger partial charge >= 0.3 is 5.97 Å². The number of nitrogens with one attached hydrogen (secondary N) is 1. The smallest absolute Gasteiger partial charge is 0.342 e. The quantitative estimate of drug-likeness (QED) is 0.239. The SMILES string of the molecule is COc1cc(N(C)C2[C@H]3CN(C)C[C@@H]23)c(N)cc1Nc1ncc(C(=O)OC(C)C)c(-c2cn(C)c3ccccc23)n1. The van der Waals surface area contributed by atoms with Gasteiger partial charge in [0.25, 0.3) is 0 Å². The minimum Gasteiger partial charge on any atom is -0.494 e. The Labute approximate surface area is 240 Å². The predicted octanol–water partition coefficient (Wildman–Crippen LogP) is 4.53. The third-order valence-corrected chi connectivity index (χ3v) is 8.26. The number of rotatable bonds is 8. The van der Waals surface area contributed by atoms with Gasteiger partial charge in [-0.25, -0.2) is 14.8 Å². The topological polar surface area (TPSA) is 111 Å². The van der Waals surface area contributed by atoms with Crippen LogP contribution in [0.3, 0.4) is 0 Å². The van der Waals surface area contributed by atoms with Gasteiger partial charge in [0.15, 0.2) is 0 Å². The first kappa shape index (κ1) is 26.9. The molecule has 214 valence electrons. The Balaban J connectivity index is 1.35. The lowest BCUT2D eigenvalue weighted by Gasteiger charge is -2.26. The number of hydrogen-bond donors (Lipinski definition) is 2. The van der Waals surface area contributed by atoms with Gasteiger partial charge in [-0.2, -0.15) is 0 Å². The molecule has 0 spiro atoms. The molecule has 6 rings (SSSR count). The molecule has 2 aromatic carbocycles. The van der Waals surface area contributed by atoms with Crippen molar-refractivity contribution >= 4 is 39.9 Å². The molecule has 10 heteroatoms. The first-order chi connectivity index (χ1) is 19.7. The van der Waals surface area contributed by atoms with Gasteiger partial charge in [0.05, 0.1) is 36.0 Å². The van der Waals surface area contributed by atoms with Crippen molar-refractivity contribution in [3.63, 3.8) is 0 Å². The molecule has 3 atom stereocenters. The number of piperidine rings is 1. The summed E-state index contributed by atoms with van der Waals surface area (Å²) in [5, 5.41) is 4.26. The standard InChI is InChI=1S/C31H37N7O3/c1-17(2)41-30(39)19-13-33-31(35-28(19)20-16-37(4)25-10-8-7-9-18(20)25)34-24-11-23(32)26(12-27(24)40-6)38(5)29-21-14-36(3)15-22(21)29/h7-13,16-17,21-22,29H,14-15,32H2,1-6H3,(H,33,34,35)/t21-,22+,29?. The van der Waals surface area contributed by atoms with E-state index in [4.69, 9.17) is 20.2 Å². The van der Waals surface area contributed by atoms with E-state index in [2.05, 4.69) is 34.2 Å². The molecule has 2 fully saturated rings. The molecular formula is C31H37N7O3. The summed E-state index contributed by atoms with van der Waals surface area (Å²) in [7, 11) is 7.89. The second kappa shape index (κ2) is 10.3. The molecule has 10 nitrogen and oxygen atoms in total. The van der Waals surface area contributed by atoms with Gasteiger partial charge in [0.1, 0.15) is 11.3 Å². The number of anilines is 4. The Morgan fingerprint density at radius 3 is 2.61 bits per heavy atom. The zero-order chi connectivity index (χ0) is 29.0. The van der Waals surface area contributed by atoms with Crippen LogP contribution in [0.4, 0.5) is 23.0 Å². The Hall–Kier alpha value is -4.31. The number of para-hydroxylation sites is 1. The van der Waals surface area contributed by atoms with Crippen LogP contribution in [-0.4, -0.2) is 71.8 Å². The van der Waals surface area contributed by atoms with E-state index in [1.807, 2.05) is 68.1 Å². The molecule has 3 heterocycles. The molecule has 1 aliphatic carbocycles. The summed E-state index contributed by atoms with van der Waals surface area (Å²) < 4.78 is 13.3. The van der Waals surface area contributed by atoms with E-state index < -0.39 is 5.97 Å². The number of aryl methyl sites for hydroxylation is 1. The summed E-state index contributed by atoms with van der Waals surface area (Å²) in [6.07, 6.45) is 3.20. The van der Waals surface area contributed by atoms with Crippen molar-refractivity contribution in [1.82, 2.24) is 19.4 Å². The Morgan fingerprint density at radius 2 is 1.90 bits per heavy atom. The van der Waals surface area contributed by atoms with E-state index in [-0.39, 0.29) is 6.10 Å². The molecule has 1 aliphatic heterocycles. The third kappa shape index (κ3) is 4.82. The highest BCUT2D eigenvalue weighted by Crippen LogP contribution is 2.50. The van der Waals surface area contributed by atoms with Crippen LogP contribution in [0, 0.1) is 11.8 Å². The minimum absolute atomic E-state index is 0.277. The van der Waals surface area contributed by atoms with Crippen LogP contribution < -0.4 is 20.7 Å². The van der Waals surface area contributed by atoms with E-state index >= 15 is 0 Å². The number of fused-ring (bicyclic) bond motifs is 2. The van der Waals surface area contributed by atoms with Crippen molar-refractivity contribution in [2.45, 2.75) is 26.0 Å². The van der Waals surface area contributed by atoms with Crippen molar-refractivity contribution in [3.05, 3.63) is 54.4 Å². The Morgan fingerprint density at radius 1 is 1.17 bits per heavy atom. The summed E-state index contributed by atoms with van der Waals surface area (Å²) in [5.41, 5.74) is 11.4. The van der Waals surface area contributed by atoms with Crippen molar-refractivity contribution in [1.29, 1.82) is 0 Å². The van der Waals surface area contributed by atoms with Gasteiger partial charge in [0.2, 0.25) is 5.95 Å². The normalized spacial score (nSPS) is 19.8. The molecule has 2 aromatic heterocycles. The number of carbonyl (C=O) groups excluding carboxylic acids is 1. The largest absolute Gasteiger partial charge is 0.494 e. The second-order valence-corrected chi connectivity index (χ2v) is 11.5. The summed E-state index contributed by atoms with van der Waals surface area (Å²) in [6.45, 7) is 5.87. The van der Waals surface area contributed by atoms with Gasteiger partial charge < -0.3 is 34.9 Å². The van der Waals surface area contributed by atoms with Gasteiger partial charge in [-0.3, -0.25) is 0 Å². The molecule has 4 aromatic rings. The van der Waals surface area contributed by atoms with Crippen LogP contribution in [-0.2, 0) is 11.8 Å². The number of nitrogens with zero attached hydrogens (tertiary/aromatic N) is 5. The number of likely N-dealkylation sites (tertiary alicyclic amines) is 1. The number of aromatic nitrogens is 3. The lowest BCUT2D eigenvalue weighted by atomic mass is 10.1. The predicted molar refractivity (Wildman–Crippen MR) is 162 cm³/mol. The number of nitrogens with two attached hydrogens (primary N) is 1. The molecule has 1 saturated heterocycles. The Kier molecular flexibility index (Phi) is 6.73. The van der Waals surface area contributed by atoms with E-state index in [0.717, 1.165) is 35.2 Å². The summed E-state index contributed by atoms with van der Waals surface area (Å²) in [5.74, 6) is 1.82. The van der Waals surface area contributed by atoms with Crippen LogP contribution in [0.25, 0.3) is 22.2 Å². The number of nitrogen functional groups attached to an aromatic ring is 1. The highest BCUT2D eigenvalue weighted by molar-refractivity contribution is 6.03. The van der Waals surface area contributed by atoms with Crippen LogP contribution >= 0.6 is 0 Å². The number of methoxy groups -OCH3 is 1. The minimum atomic E-state index is -0.472. The van der Waals surface area contributed by atoms with Gasteiger partial charge in [-0.05, 0) is 44.9 Å². The molecular weight excluding hydrogens is 518 g/mol. The fourth-order valence-electron chi connectivity index (χ4n) is 6.32. The fraction of sp³-hybridized carbons (Fsp3) is 0.387. The average Bonchev–Trinajstić information content (AvgIpc) is 3.26. The molecule has 0 bridgehead atoms. The van der Waals surface area contributed by atoms with Crippen molar-refractivity contribution in [2.75, 3.05) is 50.2 Å². The maximum Gasteiger partial charge on any atom is 0.342 e. The maximum absolute atomic E-state index is 13.1. The highest BCUT2D eigenvalue weighted by atomic mass is 16.5. The number of esters is 1. The number of carbonyl (C=O) groups is 1. The summed E-state index contributed by atoms with van der Waals surface area (Å²) in [6, 6.07) is 12.3. The molecule has 3 N–H and O–H groups in total. The average molecular weight is 556 g/mol. The monoisotopic (exact) mass is 555 g/mol. The molecule has 2 aliphatic rings. The molecule has 0 amide bonds. The Bertz CT molecular complexity index is 1620. The van der Waals surface area contributed by atoms with E-state index in [0.29, 0.717) is 52.2 Å². The number of ether oxygens (including phenoxy) is 2. The lowest BCUT2D eigenvalue weighted by molar-refractivity contribution is 0.0378. The lowest BCUT2D eigenvalue weighted by Crippen LogP contribution is -2.31. The molecule has 1 saturated carbocycles. The zero-order valence-electron chi connectivity index (χ0n) is 24.4. The first-order valence-electron chi connectivity index (χ1n) is 13.9. The molecule has 41 heavy (non-hydrogen) atoms. The zero-order valence-corrected chi connectivity index (χ0v) is 24.4.